The first kappa shape index (κ1) is 14.0. The van der Waals surface area contributed by atoms with E-state index in [0.717, 1.165) is 3.57 Å². The van der Waals surface area contributed by atoms with Crippen molar-refractivity contribution in [3.8, 4) is 0 Å². The highest BCUT2D eigenvalue weighted by Gasteiger charge is 2.18. The maximum Gasteiger partial charge on any atom is 0.252 e. The molecule has 1 N–H and O–H groups in total. The summed E-state index contributed by atoms with van der Waals surface area (Å²) in [7, 11) is 3.33. The number of nitrogens with zero attached hydrogens (tertiary/aromatic N) is 1. The maximum absolute atomic E-state index is 11.9. The van der Waals surface area contributed by atoms with Gasteiger partial charge in [0.05, 0.1) is 5.56 Å². The molecule has 0 radical (unpaired) electrons. The van der Waals surface area contributed by atoms with Gasteiger partial charge in [-0.15, -0.1) is 0 Å². The standard InChI is InChI=1S/C12H15IN2O2/c1-8(12(17)15(2)3)14-11(16)9-6-4-5-7-10(9)13/h4-8H,1-3H3,(H,14,16). The molecule has 5 heteroatoms. The van der Waals surface area contributed by atoms with Crippen LogP contribution in [0.25, 0.3) is 0 Å². The Hall–Kier alpha value is -1.11. The molecule has 0 saturated heterocycles. The Morgan fingerprint density at radius 3 is 2.41 bits per heavy atom. The van der Waals surface area contributed by atoms with Crippen LogP contribution in [0.2, 0.25) is 0 Å². The molecular weight excluding hydrogens is 331 g/mol. The predicted octanol–water partition coefficient (Wildman–Crippen LogP) is 1.50. The molecule has 2 amide bonds. The molecule has 0 aliphatic heterocycles. The average Bonchev–Trinajstić information content (AvgIpc) is 2.28. The molecule has 0 spiro atoms. The molecule has 1 unspecified atom stereocenters. The minimum absolute atomic E-state index is 0.121. The second-order valence-electron chi connectivity index (χ2n) is 3.91. The molecule has 0 saturated carbocycles. The second kappa shape index (κ2) is 6.00. The quantitative estimate of drug-likeness (QED) is 0.844. The molecule has 1 aromatic rings. The lowest BCUT2D eigenvalue weighted by atomic mass is 10.2. The highest BCUT2D eigenvalue weighted by atomic mass is 127. The van der Waals surface area contributed by atoms with E-state index in [9.17, 15) is 9.59 Å². The van der Waals surface area contributed by atoms with Crippen molar-refractivity contribution in [2.24, 2.45) is 0 Å². The van der Waals surface area contributed by atoms with E-state index in [1.165, 1.54) is 4.90 Å². The molecule has 0 aliphatic rings. The first-order chi connectivity index (χ1) is 7.93. The number of hydrogen-bond donors (Lipinski definition) is 1. The van der Waals surface area contributed by atoms with Crippen LogP contribution in [0.15, 0.2) is 24.3 Å². The first-order valence-electron chi connectivity index (χ1n) is 5.20. The number of benzene rings is 1. The van der Waals surface area contributed by atoms with Gasteiger partial charge in [-0.2, -0.15) is 0 Å². The summed E-state index contributed by atoms with van der Waals surface area (Å²) in [6.45, 7) is 1.68. The molecule has 1 rings (SSSR count). The van der Waals surface area contributed by atoms with E-state index in [4.69, 9.17) is 0 Å². The number of rotatable bonds is 3. The third-order valence-corrected chi connectivity index (χ3v) is 3.22. The van der Waals surface area contributed by atoms with Crippen molar-refractivity contribution in [3.63, 3.8) is 0 Å². The number of carbonyl (C=O) groups is 2. The normalized spacial score (nSPS) is 11.8. The van der Waals surface area contributed by atoms with Gasteiger partial charge in [0.25, 0.3) is 5.91 Å². The van der Waals surface area contributed by atoms with E-state index in [1.54, 1.807) is 33.2 Å². The number of hydrogen-bond acceptors (Lipinski definition) is 2. The van der Waals surface area contributed by atoms with Crippen LogP contribution in [0.3, 0.4) is 0 Å². The fourth-order valence-electron chi connectivity index (χ4n) is 1.37. The summed E-state index contributed by atoms with van der Waals surface area (Å²) in [6, 6.07) is 6.74. The third kappa shape index (κ3) is 3.69. The largest absolute Gasteiger partial charge is 0.347 e. The van der Waals surface area contributed by atoms with Gasteiger partial charge in [0.15, 0.2) is 0 Å². The Labute approximate surface area is 115 Å². The van der Waals surface area contributed by atoms with Crippen LogP contribution in [0, 0.1) is 3.57 Å². The van der Waals surface area contributed by atoms with Crippen molar-refractivity contribution in [2.45, 2.75) is 13.0 Å². The van der Waals surface area contributed by atoms with Crippen LogP contribution in [0.4, 0.5) is 0 Å². The van der Waals surface area contributed by atoms with E-state index in [1.807, 2.05) is 12.1 Å². The summed E-state index contributed by atoms with van der Waals surface area (Å²) < 4.78 is 0.868. The lowest BCUT2D eigenvalue weighted by molar-refractivity contribution is -0.130. The SMILES string of the molecule is CC(NC(=O)c1ccccc1I)C(=O)N(C)C. The molecule has 0 heterocycles. The number of carbonyl (C=O) groups excluding carboxylic acids is 2. The van der Waals surface area contributed by atoms with Gasteiger partial charge in [0, 0.05) is 17.7 Å². The third-order valence-electron chi connectivity index (χ3n) is 2.28. The zero-order valence-electron chi connectivity index (χ0n) is 10.0. The van der Waals surface area contributed by atoms with Crippen molar-refractivity contribution in [1.82, 2.24) is 10.2 Å². The van der Waals surface area contributed by atoms with E-state index in [-0.39, 0.29) is 11.8 Å². The maximum atomic E-state index is 11.9. The molecule has 1 atom stereocenters. The van der Waals surface area contributed by atoms with Crippen LogP contribution in [0.1, 0.15) is 17.3 Å². The van der Waals surface area contributed by atoms with E-state index < -0.39 is 6.04 Å². The molecular formula is C12H15IN2O2. The van der Waals surface area contributed by atoms with Crippen LogP contribution >= 0.6 is 22.6 Å². The number of nitrogens with one attached hydrogen (secondary N) is 1. The number of amides is 2. The number of halogens is 1. The monoisotopic (exact) mass is 346 g/mol. The minimum Gasteiger partial charge on any atom is -0.347 e. The molecule has 1 aromatic carbocycles. The van der Waals surface area contributed by atoms with Gasteiger partial charge in [-0.1, -0.05) is 12.1 Å². The highest BCUT2D eigenvalue weighted by Crippen LogP contribution is 2.11. The lowest BCUT2D eigenvalue weighted by Gasteiger charge is -2.18. The molecule has 0 fully saturated rings. The van der Waals surface area contributed by atoms with Crippen molar-refractivity contribution < 1.29 is 9.59 Å². The van der Waals surface area contributed by atoms with Crippen LogP contribution in [-0.4, -0.2) is 36.9 Å². The zero-order valence-corrected chi connectivity index (χ0v) is 12.2. The first-order valence-corrected chi connectivity index (χ1v) is 6.28. The van der Waals surface area contributed by atoms with Crippen LogP contribution < -0.4 is 5.32 Å². The van der Waals surface area contributed by atoms with Gasteiger partial charge in [-0.05, 0) is 41.6 Å². The Balaban J connectivity index is 2.74. The topological polar surface area (TPSA) is 49.4 Å². The summed E-state index contributed by atoms with van der Waals surface area (Å²) >= 11 is 2.10. The molecule has 0 bridgehead atoms. The smallest absolute Gasteiger partial charge is 0.252 e. The van der Waals surface area contributed by atoms with Crippen molar-refractivity contribution in [1.29, 1.82) is 0 Å². The van der Waals surface area contributed by atoms with Crippen LogP contribution in [-0.2, 0) is 4.79 Å². The minimum atomic E-state index is -0.520. The van der Waals surface area contributed by atoms with Crippen molar-refractivity contribution >= 4 is 34.4 Å². The Kier molecular flexibility index (Phi) is 4.92. The van der Waals surface area contributed by atoms with Gasteiger partial charge in [-0.25, -0.2) is 0 Å². The predicted molar refractivity (Wildman–Crippen MR) is 74.8 cm³/mol. The summed E-state index contributed by atoms with van der Waals surface area (Å²) in [4.78, 5) is 25.0. The van der Waals surface area contributed by atoms with Crippen molar-refractivity contribution in [3.05, 3.63) is 33.4 Å². The Morgan fingerprint density at radius 2 is 1.88 bits per heavy atom. The van der Waals surface area contributed by atoms with Gasteiger partial charge in [-0.3, -0.25) is 9.59 Å². The van der Waals surface area contributed by atoms with Gasteiger partial charge in [0.2, 0.25) is 5.91 Å². The molecule has 17 heavy (non-hydrogen) atoms. The zero-order chi connectivity index (χ0) is 13.0. The van der Waals surface area contributed by atoms with E-state index in [2.05, 4.69) is 27.9 Å². The fourth-order valence-corrected chi connectivity index (χ4v) is 2.00. The van der Waals surface area contributed by atoms with Crippen molar-refractivity contribution in [2.75, 3.05) is 14.1 Å². The molecule has 0 aliphatic carbocycles. The summed E-state index contributed by atoms with van der Waals surface area (Å²) in [5.74, 6) is -0.345. The Bertz CT molecular complexity index is 432. The molecule has 92 valence electrons. The van der Waals surface area contributed by atoms with E-state index >= 15 is 0 Å². The van der Waals surface area contributed by atoms with Gasteiger partial charge in [0.1, 0.15) is 6.04 Å². The lowest BCUT2D eigenvalue weighted by Crippen LogP contribution is -2.44. The fraction of sp³-hybridized carbons (Fsp3) is 0.333. The highest BCUT2D eigenvalue weighted by molar-refractivity contribution is 14.1. The number of likely N-dealkylation sites (N-methyl/N-ethyl adjacent to an activating group) is 1. The summed E-state index contributed by atoms with van der Waals surface area (Å²) in [6.07, 6.45) is 0. The summed E-state index contributed by atoms with van der Waals surface area (Å²) in [5.41, 5.74) is 0.589. The van der Waals surface area contributed by atoms with E-state index in [0.29, 0.717) is 5.56 Å². The Morgan fingerprint density at radius 1 is 1.29 bits per heavy atom. The molecule has 0 aromatic heterocycles. The van der Waals surface area contributed by atoms with Crippen LogP contribution in [0.5, 0.6) is 0 Å². The summed E-state index contributed by atoms with van der Waals surface area (Å²) in [5, 5.41) is 2.68. The van der Waals surface area contributed by atoms with Gasteiger partial charge < -0.3 is 10.2 Å². The second-order valence-corrected chi connectivity index (χ2v) is 5.07. The average molecular weight is 346 g/mol. The molecule has 4 nitrogen and oxygen atoms in total. The van der Waals surface area contributed by atoms with Gasteiger partial charge >= 0.3 is 0 Å².